The van der Waals surface area contributed by atoms with Crippen molar-refractivity contribution in [1.29, 1.82) is 0 Å². The maximum absolute atomic E-state index is 2.56. The standard InChI is InChI=1S/C10H9.C6H7.C3H6.2ClH.Zr/c1-8-6-7-9-4-2-3-5-10(8)9;1-6-4-2-3-5-6;1-3-2;;;/h2-7H,1H3;2,4H,5H2,1H3;1-2H3;2*1H;/q;;;;;+2/p-2. The molecule has 0 aliphatic heterocycles. The summed E-state index contributed by atoms with van der Waals surface area (Å²) in [5.41, 5.74) is 6.09. The number of hydrogen-bond acceptors (Lipinski definition) is 0. The first kappa shape index (κ1) is 19.8. The zero-order valence-electron chi connectivity index (χ0n) is 13.6. The second-order valence-corrected chi connectivity index (χ2v) is 13.8. The van der Waals surface area contributed by atoms with Gasteiger partial charge in [0, 0.05) is 0 Å². The summed E-state index contributed by atoms with van der Waals surface area (Å²) >= 11 is -1.75. The summed E-state index contributed by atoms with van der Waals surface area (Å²) in [5.74, 6) is 0. The Morgan fingerprint density at radius 1 is 1.05 bits per heavy atom. The van der Waals surface area contributed by atoms with Crippen molar-refractivity contribution in [3.63, 3.8) is 0 Å². The van der Waals surface area contributed by atoms with Gasteiger partial charge in [0.1, 0.15) is 0 Å². The van der Waals surface area contributed by atoms with E-state index in [0.29, 0.717) is 3.63 Å². The Morgan fingerprint density at radius 2 is 1.73 bits per heavy atom. The van der Waals surface area contributed by atoms with Crippen molar-refractivity contribution in [1.82, 2.24) is 0 Å². The van der Waals surface area contributed by atoms with Gasteiger partial charge in [0.15, 0.2) is 0 Å². The summed E-state index contributed by atoms with van der Waals surface area (Å²) in [5, 5.41) is 0. The van der Waals surface area contributed by atoms with Crippen LogP contribution in [-0.4, -0.2) is 3.21 Å². The number of fused-ring (bicyclic) bond motifs is 1. The van der Waals surface area contributed by atoms with Crippen LogP contribution < -0.4 is 24.8 Å². The molecule has 22 heavy (non-hydrogen) atoms. The molecule has 0 nitrogen and oxygen atoms in total. The molecule has 3 rings (SSSR count). The summed E-state index contributed by atoms with van der Waals surface area (Å²) in [6, 6.07) is 9.02. The molecule has 0 saturated carbocycles. The Balaban J connectivity index is 0.00000121. The third kappa shape index (κ3) is 3.64. The molecule has 1 aromatic carbocycles. The Labute approximate surface area is 154 Å². The topological polar surface area (TPSA) is 0 Å². The first-order valence-corrected chi connectivity index (χ1v) is 11.3. The van der Waals surface area contributed by atoms with E-state index < -0.39 is 21.3 Å². The fourth-order valence-corrected chi connectivity index (χ4v) is 11.8. The number of rotatable bonds is 2. The quantitative estimate of drug-likeness (QED) is 0.598. The molecular formula is C19H22Cl2Zr. The van der Waals surface area contributed by atoms with Crippen LogP contribution in [0.2, 0.25) is 0 Å². The summed E-state index contributed by atoms with van der Waals surface area (Å²) in [7, 11) is 0. The maximum atomic E-state index is 2.56. The smallest absolute Gasteiger partial charge is 1.00 e. The van der Waals surface area contributed by atoms with Crippen LogP contribution in [0.15, 0.2) is 51.3 Å². The van der Waals surface area contributed by atoms with Crippen molar-refractivity contribution in [3.05, 3.63) is 62.5 Å². The minimum Gasteiger partial charge on any atom is -1.00 e. The van der Waals surface area contributed by atoms with Crippen LogP contribution in [0.25, 0.3) is 5.57 Å². The van der Waals surface area contributed by atoms with Gasteiger partial charge in [-0.05, 0) is 0 Å². The Hall–Kier alpha value is -0.227. The molecular weight excluding hydrogens is 390 g/mol. The van der Waals surface area contributed by atoms with Crippen molar-refractivity contribution in [2.75, 3.05) is 0 Å². The van der Waals surface area contributed by atoms with Crippen LogP contribution in [0, 0.1) is 0 Å². The molecule has 0 saturated heterocycles. The van der Waals surface area contributed by atoms with Crippen LogP contribution in [-0.2, 0) is 21.3 Å². The molecule has 1 unspecified atom stereocenters. The average molecular weight is 413 g/mol. The number of halogens is 2. The molecule has 2 aliphatic rings. The first-order chi connectivity index (χ1) is 9.58. The van der Waals surface area contributed by atoms with Gasteiger partial charge >= 0.3 is 130 Å². The predicted octanol–water partition coefficient (Wildman–Crippen LogP) is -0.783. The number of allylic oxidation sites excluding steroid dienone is 6. The Bertz CT molecular complexity index is 689. The van der Waals surface area contributed by atoms with E-state index in [1.165, 1.54) is 23.1 Å². The molecule has 0 spiro atoms. The van der Waals surface area contributed by atoms with Gasteiger partial charge < -0.3 is 24.8 Å². The molecule has 2 aliphatic carbocycles. The molecule has 0 radical (unpaired) electrons. The molecule has 0 amide bonds. The van der Waals surface area contributed by atoms with Gasteiger partial charge in [-0.1, -0.05) is 0 Å². The molecule has 1 atom stereocenters. The van der Waals surface area contributed by atoms with Crippen molar-refractivity contribution >= 4 is 8.78 Å². The van der Waals surface area contributed by atoms with Crippen LogP contribution in [0.4, 0.5) is 0 Å². The van der Waals surface area contributed by atoms with Crippen LogP contribution in [0.1, 0.15) is 48.9 Å². The van der Waals surface area contributed by atoms with Gasteiger partial charge in [0.25, 0.3) is 0 Å². The predicted molar refractivity (Wildman–Crippen MR) is 85.6 cm³/mol. The molecule has 0 N–H and O–H groups in total. The molecule has 0 fully saturated rings. The maximum Gasteiger partial charge on any atom is -1.00 e. The fraction of sp³-hybridized carbons (Fsp3) is 0.316. The van der Waals surface area contributed by atoms with Crippen LogP contribution in [0.3, 0.4) is 0 Å². The van der Waals surface area contributed by atoms with Gasteiger partial charge in [-0.25, -0.2) is 0 Å². The third-order valence-corrected chi connectivity index (χ3v) is 12.3. The number of hydrogen-bond donors (Lipinski definition) is 0. The van der Waals surface area contributed by atoms with Crippen molar-refractivity contribution < 1.29 is 46.1 Å². The molecule has 116 valence electrons. The van der Waals surface area contributed by atoms with Crippen molar-refractivity contribution in [2.45, 2.75) is 37.7 Å². The molecule has 0 bridgehead atoms. The van der Waals surface area contributed by atoms with E-state index >= 15 is 0 Å². The summed E-state index contributed by atoms with van der Waals surface area (Å²) < 4.78 is 4.20. The minimum absolute atomic E-state index is 0. The second-order valence-electron chi connectivity index (χ2n) is 6.21. The summed E-state index contributed by atoms with van der Waals surface area (Å²) in [6.07, 6.45) is 8.55. The molecule has 3 heteroatoms. The third-order valence-electron chi connectivity index (χ3n) is 4.37. The average Bonchev–Trinajstić information content (AvgIpc) is 2.96. The van der Waals surface area contributed by atoms with E-state index in [9.17, 15) is 0 Å². The second kappa shape index (κ2) is 8.05. The van der Waals surface area contributed by atoms with Gasteiger partial charge in [0.2, 0.25) is 0 Å². The van der Waals surface area contributed by atoms with E-state index in [4.69, 9.17) is 0 Å². The van der Waals surface area contributed by atoms with E-state index in [2.05, 4.69) is 70.2 Å². The van der Waals surface area contributed by atoms with E-state index in [0.717, 1.165) is 0 Å². The Morgan fingerprint density at radius 3 is 2.32 bits per heavy atom. The molecule has 1 aromatic rings. The largest absolute Gasteiger partial charge is 1.00 e. The minimum atomic E-state index is -1.75. The zero-order valence-corrected chi connectivity index (χ0v) is 17.6. The monoisotopic (exact) mass is 410 g/mol. The normalized spacial score (nSPS) is 18.0. The molecule has 0 aromatic heterocycles. The first-order valence-electron chi connectivity index (χ1n) is 7.39. The van der Waals surface area contributed by atoms with Gasteiger partial charge in [-0.2, -0.15) is 0 Å². The van der Waals surface area contributed by atoms with Gasteiger partial charge in [-0.15, -0.1) is 0 Å². The van der Waals surface area contributed by atoms with E-state index in [-0.39, 0.29) is 24.8 Å². The molecule has 0 heterocycles. The fourth-order valence-electron chi connectivity index (χ4n) is 3.47. The zero-order chi connectivity index (χ0) is 14.3. The van der Waals surface area contributed by atoms with Crippen molar-refractivity contribution in [3.8, 4) is 0 Å². The SMILES string of the molecule is CC1=CC=[C]([Zr+2](=[C](C)C)[CH]2C=C(C)c3ccccc32)C1.[Cl-].[Cl-]. The van der Waals surface area contributed by atoms with Gasteiger partial charge in [0.05, 0.1) is 0 Å². The van der Waals surface area contributed by atoms with Crippen molar-refractivity contribution in [2.24, 2.45) is 0 Å². The van der Waals surface area contributed by atoms with Crippen LogP contribution in [0.5, 0.6) is 0 Å². The van der Waals surface area contributed by atoms with Gasteiger partial charge in [-0.3, -0.25) is 0 Å². The summed E-state index contributed by atoms with van der Waals surface area (Å²) in [4.78, 5) is 0. The number of benzene rings is 1. The Kier molecular flexibility index (Phi) is 7.25. The summed E-state index contributed by atoms with van der Waals surface area (Å²) in [6.45, 7) is 9.27. The van der Waals surface area contributed by atoms with E-state index in [1.807, 2.05) is 0 Å². The van der Waals surface area contributed by atoms with Crippen LogP contribution >= 0.6 is 0 Å². The van der Waals surface area contributed by atoms with E-state index in [1.54, 1.807) is 12.1 Å².